The first-order chi connectivity index (χ1) is 6.00. The molecule has 0 aliphatic carbocycles. The highest BCUT2D eigenvalue weighted by Crippen LogP contribution is 2.21. The third-order valence-electron chi connectivity index (χ3n) is 1.87. The molecule has 0 spiro atoms. The summed E-state index contributed by atoms with van der Waals surface area (Å²) < 4.78 is 0. The Morgan fingerprint density at radius 2 is 2.31 bits per heavy atom. The van der Waals surface area contributed by atoms with Crippen LogP contribution in [0.4, 0.5) is 0 Å². The monoisotopic (exact) mass is 199 g/mol. The summed E-state index contributed by atoms with van der Waals surface area (Å²) in [5.74, 6) is -0.939. The minimum atomic E-state index is -0.939. The van der Waals surface area contributed by atoms with Gasteiger partial charge in [0.15, 0.2) is 0 Å². The number of carbonyl (C=O) groups is 1. The van der Waals surface area contributed by atoms with Crippen molar-refractivity contribution >= 4 is 17.3 Å². The summed E-state index contributed by atoms with van der Waals surface area (Å²) in [7, 11) is 0. The van der Waals surface area contributed by atoms with Gasteiger partial charge in [0, 0.05) is 16.2 Å². The number of carboxylic acid groups (broad SMARTS) is 1. The van der Waals surface area contributed by atoms with E-state index in [0.717, 1.165) is 10.4 Å². The summed E-state index contributed by atoms with van der Waals surface area (Å²) >= 11 is 1.62. The lowest BCUT2D eigenvalue weighted by Gasteiger charge is -2.04. The first-order valence-electron chi connectivity index (χ1n) is 4.05. The zero-order chi connectivity index (χ0) is 10.0. The summed E-state index contributed by atoms with van der Waals surface area (Å²) in [6.45, 7) is 3.99. The molecule has 0 saturated carbocycles. The predicted octanol–water partition coefficient (Wildman–Crippen LogP) is 1.32. The van der Waals surface area contributed by atoms with Gasteiger partial charge in [-0.05, 0) is 25.5 Å². The molecule has 72 valence electrons. The van der Waals surface area contributed by atoms with Crippen LogP contribution in [0.2, 0.25) is 0 Å². The molecular formula is C9H13NO2S. The lowest BCUT2D eigenvalue weighted by atomic mass is 10.1. The molecule has 3 nitrogen and oxygen atoms in total. The molecule has 0 aliphatic rings. The average molecular weight is 199 g/mol. The number of carboxylic acids is 1. The van der Waals surface area contributed by atoms with Crippen molar-refractivity contribution in [2.24, 2.45) is 5.73 Å². The van der Waals surface area contributed by atoms with E-state index in [4.69, 9.17) is 10.8 Å². The van der Waals surface area contributed by atoms with E-state index in [2.05, 4.69) is 6.07 Å². The van der Waals surface area contributed by atoms with E-state index in [-0.39, 0.29) is 0 Å². The third kappa shape index (κ3) is 2.54. The maximum atomic E-state index is 10.5. The molecule has 0 aromatic carbocycles. The highest BCUT2D eigenvalue weighted by atomic mass is 32.1. The fraction of sp³-hybridized carbons (Fsp3) is 0.444. The molecule has 1 rings (SSSR count). The Hall–Kier alpha value is -0.870. The Bertz CT molecular complexity index is 319. The van der Waals surface area contributed by atoms with E-state index in [1.165, 1.54) is 4.88 Å². The second-order valence-electron chi connectivity index (χ2n) is 3.11. The van der Waals surface area contributed by atoms with Crippen molar-refractivity contribution in [2.75, 3.05) is 0 Å². The molecule has 0 aliphatic heterocycles. The van der Waals surface area contributed by atoms with Gasteiger partial charge in [-0.2, -0.15) is 0 Å². The lowest BCUT2D eigenvalue weighted by Crippen LogP contribution is -2.32. The van der Waals surface area contributed by atoms with Gasteiger partial charge in [0.25, 0.3) is 0 Å². The Labute approximate surface area is 81.2 Å². The van der Waals surface area contributed by atoms with E-state index >= 15 is 0 Å². The Balaban J connectivity index is 2.74. The van der Waals surface area contributed by atoms with Crippen LogP contribution in [0.1, 0.15) is 15.3 Å². The molecule has 1 heterocycles. The van der Waals surface area contributed by atoms with Crippen LogP contribution in [0.3, 0.4) is 0 Å². The van der Waals surface area contributed by atoms with E-state index in [1.54, 1.807) is 11.3 Å². The quantitative estimate of drug-likeness (QED) is 0.771. The number of nitrogens with two attached hydrogens (primary N) is 1. The molecule has 3 N–H and O–H groups in total. The number of hydrogen-bond acceptors (Lipinski definition) is 3. The van der Waals surface area contributed by atoms with Crippen LogP contribution in [-0.4, -0.2) is 17.1 Å². The van der Waals surface area contributed by atoms with Crippen LogP contribution in [0.15, 0.2) is 6.07 Å². The highest BCUT2D eigenvalue weighted by Gasteiger charge is 2.14. The van der Waals surface area contributed by atoms with Gasteiger partial charge in [0.05, 0.1) is 0 Å². The molecule has 1 aromatic heterocycles. The third-order valence-corrected chi connectivity index (χ3v) is 3.04. The minimum absolute atomic E-state index is 0.430. The molecule has 0 saturated heterocycles. The van der Waals surface area contributed by atoms with Crippen molar-refractivity contribution < 1.29 is 9.90 Å². The Kier molecular flexibility index (Phi) is 3.06. The van der Waals surface area contributed by atoms with E-state index in [0.29, 0.717) is 6.42 Å². The summed E-state index contributed by atoms with van der Waals surface area (Å²) in [5, 5.41) is 8.62. The normalized spacial score (nSPS) is 12.8. The van der Waals surface area contributed by atoms with E-state index in [1.807, 2.05) is 13.8 Å². The highest BCUT2D eigenvalue weighted by molar-refractivity contribution is 7.12. The number of hydrogen-bond donors (Lipinski definition) is 2. The van der Waals surface area contributed by atoms with Crippen molar-refractivity contribution in [1.82, 2.24) is 0 Å². The fourth-order valence-electron chi connectivity index (χ4n) is 1.18. The lowest BCUT2D eigenvalue weighted by molar-refractivity contribution is -0.138. The second-order valence-corrected chi connectivity index (χ2v) is 4.45. The standard InChI is InChI=1S/C9H13NO2S/c1-5-3-6(2)13-8(5)4-7(10)9(11)12/h3,7H,4,10H2,1-2H3,(H,11,12). The first kappa shape index (κ1) is 10.2. The van der Waals surface area contributed by atoms with Crippen molar-refractivity contribution in [1.29, 1.82) is 0 Å². The molecule has 0 fully saturated rings. The number of aryl methyl sites for hydroxylation is 2. The molecule has 4 heteroatoms. The van der Waals surface area contributed by atoms with Crippen LogP contribution in [0, 0.1) is 13.8 Å². The smallest absolute Gasteiger partial charge is 0.320 e. The van der Waals surface area contributed by atoms with Gasteiger partial charge in [-0.15, -0.1) is 11.3 Å². The SMILES string of the molecule is Cc1cc(C)c(CC(N)C(=O)O)s1. The van der Waals surface area contributed by atoms with Crippen molar-refractivity contribution in [3.8, 4) is 0 Å². The van der Waals surface area contributed by atoms with E-state index in [9.17, 15) is 4.79 Å². The zero-order valence-corrected chi connectivity index (χ0v) is 8.52. The van der Waals surface area contributed by atoms with Crippen LogP contribution in [0.25, 0.3) is 0 Å². The average Bonchev–Trinajstić information content (AvgIpc) is 2.30. The van der Waals surface area contributed by atoms with Gasteiger partial charge < -0.3 is 10.8 Å². The predicted molar refractivity (Wildman–Crippen MR) is 53.1 cm³/mol. The van der Waals surface area contributed by atoms with Gasteiger partial charge >= 0.3 is 5.97 Å². The van der Waals surface area contributed by atoms with E-state index < -0.39 is 12.0 Å². The topological polar surface area (TPSA) is 63.3 Å². The maximum Gasteiger partial charge on any atom is 0.320 e. The maximum absolute atomic E-state index is 10.5. The van der Waals surface area contributed by atoms with Gasteiger partial charge in [0.2, 0.25) is 0 Å². The molecule has 13 heavy (non-hydrogen) atoms. The van der Waals surface area contributed by atoms with Gasteiger partial charge in [-0.25, -0.2) is 0 Å². The number of thiophene rings is 1. The molecule has 1 unspecified atom stereocenters. The van der Waals surface area contributed by atoms with Crippen molar-refractivity contribution in [3.63, 3.8) is 0 Å². The molecular weight excluding hydrogens is 186 g/mol. The van der Waals surface area contributed by atoms with Crippen molar-refractivity contribution in [3.05, 3.63) is 21.4 Å². The zero-order valence-electron chi connectivity index (χ0n) is 7.70. The van der Waals surface area contributed by atoms with Crippen LogP contribution in [0.5, 0.6) is 0 Å². The van der Waals surface area contributed by atoms with Gasteiger partial charge in [-0.1, -0.05) is 0 Å². The second kappa shape index (κ2) is 3.89. The summed E-state index contributed by atoms with van der Waals surface area (Å²) in [6, 6.07) is 1.27. The largest absolute Gasteiger partial charge is 0.480 e. The van der Waals surface area contributed by atoms with Crippen LogP contribution in [-0.2, 0) is 11.2 Å². The number of aliphatic carboxylic acids is 1. The Morgan fingerprint density at radius 1 is 1.69 bits per heavy atom. The summed E-state index contributed by atoms with van der Waals surface area (Å²) in [5.41, 5.74) is 6.57. The number of rotatable bonds is 3. The molecule has 0 bridgehead atoms. The van der Waals surface area contributed by atoms with Gasteiger partial charge in [-0.3, -0.25) is 4.79 Å². The van der Waals surface area contributed by atoms with Crippen LogP contribution < -0.4 is 5.73 Å². The minimum Gasteiger partial charge on any atom is -0.480 e. The molecule has 0 amide bonds. The summed E-state index contributed by atoms with van der Waals surface area (Å²) in [4.78, 5) is 12.8. The van der Waals surface area contributed by atoms with Crippen LogP contribution >= 0.6 is 11.3 Å². The Morgan fingerprint density at radius 3 is 2.69 bits per heavy atom. The molecule has 0 radical (unpaired) electrons. The molecule has 1 atom stereocenters. The van der Waals surface area contributed by atoms with Gasteiger partial charge in [0.1, 0.15) is 6.04 Å². The fourth-order valence-corrected chi connectivity index (χ4v) is 2.29. The molecule has 1 aromatic rings. The van der Waals surface area contributed by atoms with Crippen molar-refractivity contribution in [2.45, 2.75) is 26.3 Å². The summed E-state index contributed by atoms with van der Waals surface area (Å²) in [6.07, 6.45) is 0.430. The first-order valence-corrected chi connectivity index (χ1v) is 4.86.